The van der Waals surface area contributed by atoms with Crippen molar-refractivity contribution in [1.82, 2.24) is 14.7 Å². The van der Waals surface area contributed by atoms with Crippen LogP contribution < -0.4 is 9.47 Å². The van der Waals surface area contributed by atoms with Crippen molar-refractivity contribution in [3.63, 3.8) is 0 Å². The molecule has 0 aliphatic carbocycles. The number of carbonyl (C=O) groups is 2. The van der Waals surface area contributed by atoms with Gasteiger partial charge in [-0.25, -0.2) is 0 Å². The molecule has 0 atom stereocenters. The number of nitrogens with zero attached hydrogens (tertiary/aromatic N) is 3. The summed E-state index contributed by atoms with van der Waals surface area (Å²) in [6.07, 6.45) is 1.55. The largest absolute Gasteiger partial charge is 0.466 e. The molecule has 3 heterocycles. The normalized spacial score (nSPS) is 20.4. The molecular formula is C22H31N3O5. The summed E-state index contributed by atoms with van der Waals surface area (Å²) in [6.45, 7) is 8.64. The van der Waals surface area contributed by atoms with E-state index < -0.39 is 0 Å². The van der Waals surface area contributed by atoms with Crippen molar-refractivity contribution in [2.75, 3.05) is 59.2 Å². The van der Waals surface area contributed by atoms with E-state index in [4.69, 9.17) is 14.2 Å². The molecule has 0 unspecified atom stereocenters. The average Bonchev–Trinajstić information content (AvgIpc) is 3.23. The predicted octanol–water partition coefficient (Wildman–Crippen LogP) is 1.33. The Kier molecular flexibility index (Phi) is 6.74. The fourth-order valence-corrected chi connectivity index (χ4v) is 4.33. The van der Waals surface area contributed by atoms with Gasteiger partial charge >= 0.3 is 5.97 Å². The Balaban J connectivity index is 1.18. The molecule has 3 aliphatic heterocycles. The summed E-state index contributed by atoms with van der Waals surface area (Å²) in [5, 5.41) is 0. The summed E-state index contributed by atoms with van der Waals surface area (Å²) in [5.41, 5.74) is 1.20. The quantitative estimate of drug-likeness (QED) is 0.647. The zero-order chi connectivity index (χ0) is 20.9. The van der Waals surface area contributed by atoms with Crippen molar-refractivity contribution in [3.05, 3.63) is 23.8 Å². The van der Waals surface area contributed by atoms with E-state index in [9.17, 15) is 9.59 Å². The number of ether oxygens (including phenoxy) is 3. The predicted molar refractivity (Wildman–Crippen MR) is 110 cm³/mol. The molecule has 1 amide bonds. The Labute approximate surface area is 177 Å². The molecule has 1 aromatic carbocycles. The van der Waals surface area contributed by atoms with Gasteiger partial charge in [0.1, 0.15) is 0 Å². The summed E-state index contributed by atoms with van der Waals surface area (Å²) in [4.78, 5) is 31.1. The molecule has 0 radical (unpaired) electrons. The summed E-state index contributed by atoms with van der Waals surface area (Å²) in [7, 11) is 0. The number of likely N-dealkylation sites (tertiary alicyclic amines) is 1. The Morgan fingerprint density at radius 1 is 1.00 bits per heavy atom. The lowest BCUT2D eigenvalue weighted by Gasteiger charge is -2.37. The van der Waals surface area contributed by atoms with Crippen molar-refractivity contribution in [2.24, 2.45) is 5.92 Å². The van der Waals surface area contributed by atoms with Crippen LogP contribution in [0.5, 0.6) is 11.5 Å². The van der Waals surface area contributed by atoms with E-state index in [2.05, 4.69) is 15.9 Å². The summed E-state index contributed by atoms with van der Waals surface area (Å²) >= 11 is 0. The Morgan fingerprint density at radius 2 is 1.73 bits per heavy atom. The van der Waals surface area contributed by atoms with E-state index in [1.165, 1.54) is 5.56 Å². The third kappa shape index (κ3) is 5.05. The number of hydrogen-bond acceptors (Lipinski definition) is 7. The number of hydrogen-bond donors (Lipinski definition) is 0. The van der Waals surface area contributed by atoms with Gasteiger partial charge in [-0.2, -0.15) is 0 Å². The molecular weight excluding hydrogens is 386 g/mol. The molecule has 0 spiro atoms. The van der Waals surface area contributed by atoms with E-state index in [1.54, 1.807) is 0 Å². The van der Waals surface area contributed by atoms with E-state index in [-0.39, 0.29) is 17.8 Å². The first kappa shape index (κ1) is 20.9. The van der Waals surface area contributed by atoms with Gasteiger partial charge in [-0.15, -0.1) is 0 Å². The molecule has 2 fully saturated rings. The maximum Gasteiger partial charge on any atom is 0.309 e. The van der Waals surface area contributed by atoms with Gasteiger partial charge < -0.3 is 19.1 Å². The first-order chi connectivity index (χ1) is 14.6. The number of rotatable bonds is 6. The molecule has 0 aromatic heterocycles. The van der Waals surface area contributed by atoms with E-state index in [0.29, 0.717) is 19.9 Å². The number of benzene rings is 1. The van der Waals surface area contributed by atoms with Gasteiger partial charge in [-0.1, -0.05) is 6.07 Å². The first-order valence-corrected chi connectivity index (χ1v) is 10.9. The molecule has 2 saturated heterocycles. The van der Waals surface area contributed by atoms with Gasteiger partial charge in [-0.05, 0) is 50.6 Å². The van der Waals surface area contributed by atoms with Crippen molar-refractivity contribution >= 4 is 11.9 Å². The van der Waals surface area contributed by atoms with Crippen LogP contribution >= 0.6 is 0 Å². The molecule has 0 bridgehead atoms. The second-order valence-corrected chi connectivity index (χ2v) is 8.15. The van der Waals surface area contributed by atoms with Gasteiger partial charge in [0.15, 0.2) is 11.5 Å². The zero-order valence-electron chi connectivity index (χ0n) is 17.7. The lowest BCUT2D eigenvalue weighted by atomic mass is 9.97. The monoisotopic (exact) mass is 417 g/mol. The van der Waals surface area contributed by atoms with Crippen LogP contribution in [0, 0.1) is 5.92 Å². The zero-order valence-corrected chi connectivity index (χ0v) is 17.7. The van der Waals surface area contributed by atoms with Crippen LogP contribution in [0.15, 0.2) is 18.2 Å². The van der Waals surface area contributed by atoms with Crippen molar-refractivity contribution < 1.29 is 23.8 Å². The molecule has 4 rings (SSSR count). The fourth-order valence-electron chi connectivity index (χ4n) is 4.33. The van der Waals surface area contributed by atoms with E-state index in [0.717, 1.165) is 70.2 Å². The van der Waals surface area contributed by atoms with Gasteiger partial charge in [-0.3, -0.25) is 19.4 Å². The van der Waals surface area contributed by atoms with Gasteiger partial charge in [0.25, 0.3) is 0 Å². The minimum Gasteiger partial charge on any atom is -0.466 e. The first-order valence-electron chi connectivity index (χ1n) is 10.9. The Morgan fingerprint density at radius 3 is 2.47 bits per heavy atom. The molecule has 1 aromatic rings. The van der Waals surface area contributed by atoms with E-state index >= 15 is 0 Å². The number of amides is 1. The summed E-state index contributed by atoms with van der Waals surface area (Å²) < 4.78 is 15.9. The van der Waals surface area contributed by atoms with Crippen LogP contribution in [0.25, 0.3) is 0 Å². The van der Waals surface area contributed by atoms with Gasteiger partial charge in [0.05, 0.1) is 19.1 Å². The van der Waals surface area contributed by atoms with Crippen LogP contribution in [0.2, 0.25) is 0 Å². The second-order valence-electron chi connectivity index (χ2n) is 8.15. The minimum atomic E-state index is -0.0953. The van der Waals surface area contributed by atoms with Crippen molar-refractivity contribution in [3.8, 4) is 11.5 Å². The Bertz CT molecular complexity index is 755. The van der Waals surface area contributed by atoms with Crippen LogP contribution in [0.3, 0.4) is 0 Å². The average molecular weight is 418 g/mol. The summed E-state index contributed by atoms with van der Waals surface area (Å²) in [6, 6.07) is 6.08. The fraction of sp³-hybridized carbons (Fsp3) is 0.636. The van der Waals surface area contributed by atoms with Crippen molar-refractivity contribution in [2.45, 2.75) is 26.3 Å². The maximum absolute atomic E-state index is 12.7. The number of piperidine rings is 1. The van der Waals surface area contributed by atoms with Gasteiger partial charge in [0, 0.05) is 32.7 Å². The van der Waals surface area contributed by atoms with Crippen molar-refractivity contribution in [1.29, 1.82) is 0 Å². The molecule has 0 N–H and O–H groups in total. The number of carbonyl (C=O) groups excluding carboxylic acids is 2. The third-order valence-corrected chi connectivity index (χ3v) is 6.13. The molecule has 0 saturated carbocycles. The molecule has 8 nitrogen and oxygen atoms in total. The maximum atomic E-state index is 12.7. The van der Waals surface area contributed by atoms with Gasteiger partial charge in [0.2, 0.25) is 12.7 Å². The highest BCUT2D eigenvalue weighted by Crippen LogP contribution is 2.32. The van der Waals surface area contributed by atoms with Crippen LogP contribution in [-0.4, -0.2) is 85.8 Å². The summed E-state index contributed by atoms with van der Waals surface area (Å²) in [5.74, 6) is 1.69. The number of piperazine rings is 1. The topological polar surface area (TPSA) is 71.6 Å². The highest BCUT2D eigenvalue weighted by atomic mass is 16.7. The molecule has 164 valence electrons. The standard InChI is InChI=1S/C22H31N3O5/c1-2-28-22(27)18-5-7-23(8-6-18)15-21(26)25-11-9-24(10-12-25)14-17-3-4-19-20(13-17)30-16-29-19/h3-4,13,18H,2,5-12,14-16H2,1H3. The van der Waals surface area contributed by atoms with Crippen LogP contribution in [0.4, 0.5) is 0 Å². The van der Waals surface area contributed by atoms with Crippen LogP contribution in [-0.2, 0) is 20.9 Å². The lowest BCUT2D eigenvalue weighted by Crippen LogP contribution is -2.51. The molecule has 30 heavy (non-hydrogen) atoms. The van der Waals surface area contributed by atoms with Crippen LogP contribution in [0.1, 0.15) is 25.3 Å². The highest BCUT2D eigenvalue weighted by Gasteiger charge is 2.28. The number of fused-ring (bicyclic) bond motifs is 1. The van der Waals surface area contributed by atoms with E-state index in [1.807, 2.05) is 24.0 Å². The SMILES string of the molecule is CCOC(=O)C1CCN(CC(=O)N2CCN(Cc3ccc4c(c3)OCO4)CC2)CC1. The molecule has 3 aliphatic rings. The molecule has 8 heteroatoms. The lowest BCUT2D eigenvalue weighted by molar-refractivity contribution is -0.149. The Hall–Kier alpha value is -2.32. The third-order valence-electron chi connectivity index (χ3n) is 6.13. The highest BCUT2D eigenvalue weighted by molar-refractivity contribution is 5.78. The minimum absolute atomic E-state index is 0.0176. The smallest absolute Gasteiger partial charge is 0.309 e. The second kappa shape index (κ2) is 9.66. The number of esters is 1.